The summed E-state index contributed by atoms with van der Waals surface area (Å²) in [6.45, 7) is 8.84. The number of hydrogen-bond acceptors (Lipinski definition) is 6. The number of amides is 2. The highest BCUT2D eigenvalue weighted by molar-refractivity contribution is 6.00. The lowest BCUT2D eigenvalue weighted by atomic mass is 9.98. The molecule has 2 aromatic heterocycles. The first kappa shape index (κ1) is 26.7. The van der Waals surface area contributed by atoms with Gasteiger partial charge in [-0.25, -0.2) is 9.59 Å². The molecular weight excluding hydrogens is 488 g/mol. The number of fused-ring (bicyclic) bond motifs is 2. The normalized spacial score (nSPS) is 13.0. The first-order chi connectivity index (χ1) is 18.0. The third kappa shape index (κ3) is 5.04. The van der Waals surface area contributed by atoms with Gasteiger partial charge in [0.15, 0.2) is 0 Å². The average Bonchev–Trinajstić information content (AvgIpc) is 3.25. The average molecular weight is 519 g/mol. The molecule has 2 aromatic carbocycles. The third-order valence-electron chi connectivity index (χ3n) is 6.80. The summed E-state index contributed by atoms with van der Waals surface area (Å²) in [5.41, 5.74) is 3.27. The highest BCUT2D eigenvalue weighted by Gasteiger charge is 2.30. The van der Waals surface area contributed by atoms with E-state index in [1.54, 1.807) is 57.4 Å². The highest BCUT2D eigenvalue weighted by atomic mass is 16.4. The molecule has 4 aromatic rings. The summed E-state index contributed by atoms with van der Waals surface area (Å²) >= 11 is 0. The van der Waals surface area contributed by atoms with E-state index >= 15 is 0 Å². The lowest BCUT2D eigenvalue weighted by molar-refractivity contribution is -0.143. The molecule has 2 atom stereocenters. The van der Waals surface area contributed by atoms with Crippen LogP contribution in [0.2, 0.25) is 0 Å². The van der Waals surface area contributed by atoms with Gasteiger partial charge < -0.3 is 24.6 Å². The van der Waals surface area contributed by atoms with Crippen molar-refractivity contribution in [1.82, 2.24) is 10.6 Å². The Bertz CT molecular complexity index is 1600. The van der Waals surface area contributed by atoms with Gasteiger partial charge in [-0.15, -0.1) is 0 Å². The van der Waals surface area contributed by atoms with Crippen molar-refractivity contribution < 1.29 is 28.3 Å². The van der Waals surface area contributed by atoms with Gasteiger partial charge in [-0.2, -0.15) is 0 Å². The van der Waals surface area contributed by atoms with Crippen LogP contribution in [0.15, 0.2) is 56.3 Å². The predicted molar refractivity (Wildman–Crippen MR) is 142 cm³/mol. The van der Waals surface area contributed by atoms with Crippen LogP contribution in [-0.4, -0.2) is 28.9 Å². The van der Waals surface area contributed by atoms with Gasteiger partial charge in [0.2, 0.25) is 11.8 Å². The van der Waals surface area contributed by atoms with Gasteiger partial charge >= 0.3 is 11.6 Å². The summed E-state index contributed by atoms with van der Waals surface area (Å²) in [4.78, 5) is 50.9. The number of hydrogen-bond donors (Lipinski definition) is 3. The quantitative estimate of drug-likeness (QED) is 0.299. The van der Waals surface area contributed by atoms with Crippen LogP contribution in [0.4, 0.5) is 0 Å². The van der Waals surface area contributed by atoms with Crippen LogP contribution < -0.4 is 16.3 Å². The summed E-state index contributed by atoms with van der Waals surface area (Å²) < 4.78 is 11.3. The molecule has 198 valence electrons. The van der Waals surface area contributed by atoms with Crippen molar-refractivity contribution in [2.75, 3.05) is 0 Å². The van der Waals surface area contributed by atoms with Crippen LogP contribution in [0.5, 0.6) is 0 Å². The van der Waals surface area contributed by atoms with Crippen LogP contribution >= 0.6 is 0 Å². The Labute approximate surface area is 218 Å². The molecule has 0 bridgehead atoms. The molecule has 9 nitrogen and oxygen atoms in total. The van der Waals surface area contributed by atoms with E-state index in [9.17, 15) is 24.3 Å². The second-order valence-electron chi connectivity index (χ2n) is 9.82. The summed E-state index contributed by atoms with van der Waals surface area (Å²) in [6, 6.07) is 8.09. The SMILES string of the molecule is Cc1coc2c(C)c3oc(=O)c(CC(=O)N[C@@H](C(=O)N[C@@H](C(=O)O)C(C)C)c4ccccc4)c(C)c3cc12. The minimum Gasteiger partial charge on any atom is -0.480 e. The molecule has 4 rings (SSSR count). The number of aliphatic carboxylic acids is 1. The molecule has 0 radical (unpaired) electrons. The summed E-state index contributed by atoms with van der Waals surface area (Å²) in [5, 5.41) is 16.3. The number of carboxylic acids is 1. The molecule has 0 saturated carbocycles. The molecule has 2 heterocycles. The molecule has 3 N–H and O–H groups in total. The molecule has 0 unspecified atom stereocenters. The standard InChI is InChI=1S/C29H30N2O7/c1-14(2)23(28(34)35)31-27(33)24(18-9-7-6-8-10-18)30-22(32)12-21-16(4)20-11-19-15(3)13-37-25(19)17(5)26(20)38-29(21)36/h6-11,13-14,23-24H,12H2,1-5H3,(H,30,32)(H,31,33)(H,34,35)/t23-,24-/m1/s1. The van der Waals surface area contributed by atoms with Crippen molar-refractivity contribution >= 4 is 39.7 Å². The molecule has 0 aliphatic rings. The van der Waals surface area contributed by atoms with E-state index in [-0.39, 0.29) is 17.9 Å². The fraction of sp³-hybridized carbons (Fsp3) is 0.310. The smallest absolute Gasteiger partial charge is 0.340 e. The largest absolute Gasteiger partial charge is 0.480 e. The predicted octanol–water partition coefficient (Wildman–Crippen LogP) is 4.09. The van der Waals surface area contributed by atoms with Crippen LogP contribution in [0, 0.1) is 26.7 Å². The number of furan rings is 1. The van der Waals surface area contributed by atoms with Crippen LogP contribution in [-0.2, 0) is 20.8 Å². The highest BCUT2D eigenvalue weighted by Crippen LogP contribution is 2.32. The first-order valence-corrected chi connectivity index (χ1v) is 12.3. The van der Waals surface area contributed by atoms with Crippen molar-refractivity contribution in [2.45, 2.75) is 53.1 Å². The van der Waals surface area contributed by atoms with Crippen molar-refractivity contribution in [3.63, 3.8) is 0 Å². The van der Waals surface area contributed by atoms with Crippen molar-refractivity contribution in [1.29, 1.82) is 0 Å². The Morgan fingerprint density at radius 3 is 2.26 bits per heavy atom. The maximum absolute atomic E-state index is 13.2. The molecular formula is C29H30N2O7. The first-order valence-electron chi connectivity index (χ1n) is 12.3. The number of rotatable bonds is 8. The van der Waals surface area contributed by atoms with Gasteiger partial charge in [0, 0.05) is 16.3 Å². The monoisotopic (exact) mass is 518 g/mol. The van der Waals surface area contributed by atoms with Gasteiger partial charge in [-0.3, -0.25) is 9.59 Å². The zero-order valence-electron chi connectivity index (χ0n) is 21.9. The zero-order valence-corrected chi connectivity index (χ0v) is 21.9. The van der Waals surface area contributed by atoms with Gasteiger partial charge in [0.1, 0.15) is 23.2 Å². The van der Waals surface area contributed by atoms with Gasteiger partial charge in [0.05, 0.1) is 18.2 Å². The number of carboxylic acid groups (broad SMARTS) is 1. The topological polar surface area (TPSA) is 139 Å². The van der Waals surface area contributed by atoms with E-state index in [1.165, 1.54) is 0 Å². The van der Waals surface area contributed by atoms with Crippen molar-refractivity contribution in [3.8, 4) is 0 Å². The Balaban J connectivity index is 1.66. The zero-order chi connectivity index (χ0) is 27.7. The minimum atomic E-state index is -1.17. The van der Waals surface area contributed by atoms with E-state index in [4.69, 9.17) is 8.83 Å². The lowest BCUT2D eigenvalue weighted by Crippen LogP contribution is -2.49. The Morgan fingerprint density at radius 1 is 0.947 bits per heavy atom. The van der Waals surface area contributed by atoms with Crippen LogP contribution in [0.25, 0.3) is 21.9 Å². The van der Waals surface area contributed by atoms with E-state index in [1.807, 2.05) is 19.9 Å². The molecule has 0 spiro atoms. The molecule has 0 fully saturated rings. The Kier molecular flexibility index (Phi) is 7.39. The van der Waals surface area contributed by atoms with Crippen LogP contribution in [0.3, 0.4) is 0 Å². The Hall–Kier alpha value is -4.40. The fourth-order valence-electron chi connectivity index (χ4n) is 4.59. The van der Waals surface area contributed by atoms with Crippen LogP contribution in [0.1, 0.15) is 47.7 Å². The van der Waals surface area contributed by atoms with E-state index in [2.05, 4.69) is 10.6 Å². The molecule has 38 heavy (non-hydrogen) atoms. The second kappa shape index (κ2) is 10.5. The van der Waals surface area contributed by atoms with Gasteiger partial charge in [-0.1, -0.05) is 44.2 Å². The number of aryl methyl sites for hydroxylation is 3. The third-order valence-corrected chi connectivity index (χ3v) is 6.80. The number of carbonyl (C=O) groups excluding carboxylic acids is 2. The number of benzene rings is 2. The number of nitrogens with one attached hydrogen (secondary N) is 2. The molecule has 2 amide bonds. The Morgan fingerprint density at radius 2 is 1.63 bits per heavy atom. The maximum atomic E-state index is 13.2. The molecule has 0 saturated heterocycles. The summed E-state index contributed by atoms with van der Waals surface area (Å²) in [7, 11) is 0. The summed E-state index contributed by atoms with van der Waals surface area (Å²) in [5.74, 6) is -2.80. The maximum Gasteiger partial charge on any atom is 0.340 e. The summed E-state index contributed by atoms with van der Waals surface area (Å²) in [6.07, 6.45) is 1.32. The molecule has 0 aliphatic heterocycles. The second-order valence-corrected chi connectivity index (χ2v) is 9.82. The minimum absolute atomic E-state index is 0.174. The molecule has 0 aliphatic carbocycles. The number of carbonyl (C=O) groups is 3. The van der Waals surface area contributed by atoms with Gasteiger partial charge in [-0.05, 0) is 49.4 Å². The van der Waals surface area contributed by atoms with E-state index in [0.717, 1.165) is 10.9 Å². The van der Waals surface area contributed by atoms with E-state index in [0.29, 0.717) is 33.2 Å². The lowest BCUT2D eigenvalue weighted by Gasteiger charge is -2.23. The van der Waals surface area contributed by atoms with Gasteiger partial charge in [0.25, 0.3) is 0 Å². The van der Waals surface area contributed by atoms with Crippen molar-refractivity contribution in [2.24, 2.45) is 5.92 Å². The fourth-order valence-corrected chi connectivity index (χ4v) is 4.59. The van der Waals surface area contributed by atoms with Crippen molar-refractivity contribution in [3.05, 3.63) is 80.9 Å². The van der Waals surface area contributed by atoms with E-state index < -0.39 is 35.5 Å². The molecule has 9 heteroatoms.